The van der Waals surface area contributed by atoms with Gasteiger partial charge in [-0.05, 0) is 37.8 Å². The lowest BCUT2D eigenvalue weighted by Gasteiger charge is -2.33. The predicted octanol–water partition coefficient (Wildman–Crippen LogP) is 3.75. The third-order valence-electron chi connectivity index (χ3n) is 3.28. The van der Waals surface area contributed by atoms with Crippen molar-refractivity contribution in [1.82, 2.24) is 5.32 Å². The van der Waals surface area contributed by atoms with Crippen molar-refractivity contribution < 1.29 is 9.72 Å². The van der Waals surface area contributed by atoms with Crippen LogP contribution in [-0.4, -0.2) is 16.4 Å². The Labute approximate surface area is 147 Å². The number of nitrogens with one attached hydrogen (secondary N) is 2. The number of nitro benzene ring substituents is 1. The third kappa shape index (κ3) is 7.04. The number of nitrogens with zero attached hydrogens (tertiary/aromatic N) is 2. The number of amides is 1. The first-order chi connectivity index (χ1) is 11.4. The van der Waals surface area contributed by atoms with Gasteiger partial charge in [-0.15, -0.1) is 0 Å². The summed E-state index contributed by atoms with van der Waals surface area (Å²) >= 11 is 0. The van der Waals surface area contributed by atoms with E-state index in [-0.39, 0.29) is 22.2 Å². The lowest BCUT2D eigenvalue weighted by Crippen LogP contribution is -2.39. The van der Waals surface area contributed by atoms with Gasteiger partial charge in [-0.1, -0.05) is 20.8 Å². The Kier molecular flexibility index (Phi) is 6.29. The molecule has 134 valence electrons. The molecule has 0 atom stereocenters. The molecule has 0 aromatic heterocycles. The molecule has 0 saturated carbocycles. The number of nitro groups is 1. The average molecular weight is 344 g/mol. The van der Waals surface area contributed by atoms with Gasteiger partial charge in [0.25, 0.3) is 11.6 Å². The molecule has 0 aliphatic heterocycles. The molecule has 1 aromatic carbocycles. The Bertz CT molecular complexity index is 707. The molecule has 7 nitrogen and oxygen atoms in total. The molecule has 0 saturated heterocycles. The zero-order chi connectivity index (χ0) is 19.3. The second kappa shape index (κ2) is 7.79. The minimum absolute atomic E-state index is 0.0691. The highest BCUT2D eigenvalue weighted by Crippen LogP contribution is 2.26. The molecule has 0 unspecified atom stereocenters. The molecule has 1 rings (SSSR count). The summed E-state index contributed by atoms with van der Waals surface area (Å²) in [6.45, 7) is 10.3. The van der Waals surface area contributed by atoms with Crippen LogP contribution in [0.1, 0.15) is 41.0 Å². The van der Waals surface area contributed by atoms with Crippen molar-refractivity contribution in [3.63, 3.8) is 0 Å². The standard InChI is InChI=1S/C18H24N4O3/c1-17(2,3)12-18(4,5)20-11-13(10-19)16(23)21-14-6-8-15(9-7-14)22(24)25/h6-9,11,20H,12H2,1-5H3,(H,21,23)/b13-11-. The van der Waals surface area contributed by atoms with E-state index in [0.29, 0.717) is 5.69 Å². The van der Waals surface area contributed by atoms with Gasteiger partial charge in [0, 0.05) is 29.6 Å². The first kappa shape index (κ1) is 20.2. The van der Waals surface area contributed by atoms with Crippen LogP contribution in [0.2, 0.25) is 0 Å². The molecule has 1 amide bonds. The monoisotopic (exact) mass is 344 g/mol. The van der Waals surface area contributed by atoms with Crippen molar-refractivity contribution in [3.8, 4) is 6.07 Å². The van der Waals surface area contributed by atoms with Crippen molar-refractivity contribution in [2.75, 3.05) is 5.32 Å². The summed E-state index contributed by atoms with van der Waals surface area (Å²) in [5, 5.41) is 25.5. The van der Waals surface area contributed by atoms with Crippen molar-refractivity contribution in [2.45, 2.75) is 46.6 Å². The number of benzene rings is 1. The number of carbonyl (C=O) groups is 1. The van der Waals surface area contributed by atoms with Crippen molar-refractivity contribution >= 4 is 17.3 Å². The van der Waals surface area contributed by atoms with Crippen LogP contribution in [0.5, 0.6) is 0 Å². The highest BCUT2D eigenvalue weighted by atomic mass is 16.6. The predicted molar refractivity (Wildman–Crippen MR) is 96.7 cm³/mol. The molecule has 0 heterocycles. The van der Waals surface area contributed by atoms with Gasteiger partial charge in [-0.2, -0.15) is 5.26 Å². The number of anilines is 1. The van der Waals surface area contributed by atoms with E-state index in [9.17, 15) is 20.2 Å². The Morgan fingerprint density at radius 3 is 2.24 bits per heavy atom. The van der Waals surface area contributed by atoms with Gasteiger partial charge < -0.3 is 10.6 Å². The summed E-state index contributed by atoms with van der Waals surface area (Å²) in [4.78, 5) is 22.3. The van der Waals surface area contributed by atoms with Gasteiger partial charge in [0.05, 0.1) is 4.92 Å². The fraction of sp³-hybridized carbons (Fsp3) is 0.444. The fourth-order valence-corrected chi connectivity index (χ4v) is 2.66. The summed E-state index contributed by atoms with van der Waals surface area (Å²) in [5.41, 5.74) is 0.0530. The van der Waals surface area contributed by atoms with Crippen LogP contribution in [0.4, 0.5) is 11.4 Å². The van der Waals surface area contributed by atoms with Crippen LogP contribution in [0, 0.1) is 26.9 Å². The lowest BCUT2D eigenvalue weighted by atomic mass is 9.82. The Balaban J connectivity index is 2.80. The summed E-state index contributed by atoms with van der Waals surface area (Å²) in [6, 6.07) is 7.28. The van der Waals surface area contributed by atoms with Gasteiger partial charge in [-0.3, -0.25) is 14.9 Å². The zero-order valence-electron chi connectivity index (χ0n) is 15.2. The maximum absolute atomic E-state index is 12.2. The first-order valence-electron chi connectivity index (χ1n) is 7.87. The maximum Gasteiger partial charge on any atom is 0.269 e. The number of nitriles is 1. The summed E-state index contributed by atoms with van der Waals surface area (Å²) in [6.07, 6.45) is 2.26. The van der Waals surface area contributed by atoms with Crippen LogP contribution in [0.15, 0.2) is 36.0 Å². The maximum atomic E-state index is 12.2. The van der Waals surface area contributed by atoms with E-state index in [1.165, 1.54) is 30.5 Å². The number of hydrogen-bond donors (Lipinski definition) is 2. The molecule has 0 aliphatic carbocycles. The van der Waals surface area contributed by atoms with Crippen LogP contribution in [-0.2, 0) is 4.79 Å². The van der Waals surface area contributed by atoms with E-state index in [4.69, 9.17) is 0 Å². The highest BCUT2D eigenvalue weighted by molar-refractivity contribution is 6.06. The molecule has 0 spiro atoms. The minimum atomic E-state index is -0.574. The largest absolute Gasteiger partial charge is 0.385 e. The molecule has 0 aliphatic rings. The fourth-order valence-electron chi connectivity index (χ4n) is 2.66. The van der Waals surface area contributed by atoms with E-state index in [1.54, 1.807) is 0 Å². The van der Waals surface area contributed by atoms with Gasteiger partial charge in [0.2, 0.25) is 0 Å². The highest BCUT2D eigenvalue weighted by Gasteiger charge is 2.24. The van der Waals surface area contributed by atoms with Gasteiger partial charge in [0.15, 0.2) is 0 Å². The molecular formula is C18H24N4O3. The molecule has 1 aromatic rings. The number of hydrogen-bond acceptors (Lipinski definition) is 5. The number of carbonyl (C=O) groups excluding carboxylic acids is 1. The third-order valence-corrected chi connectivity index (χ3v) is 3.28. The van der Waals surface area contributed by atoms with E-state index in [2.05, 4.69) is 31.4 Å². The second-order valence-electron chi connectivity index (χ2n) is 7.69. The van der Waals surface area contributed by atoms with E-state index >= 15 is 0 Å². The molecule has 7 heteroatoms. The van der Waals surface area contributed by atoms with Crippen LogP contribution in [0.25, 0.3) is 0 Å². The normalized spacial score (nSPS) is 12.2. The Morgan fingerprint density at radius 2 is 1.80 bits per heavy atom. The van der Waals surface area contributed by atoms with E-state index in [1.807, 2.05) is 19.9 Å². The SMILES string of the molecule is CC(C)(C)CC(C)(C)N/C=C(/C#N)C(=O)Nc1ccc([N+](=O)[O-])cc1. The quantitative estimate of drug-likeness (QED) is 0.354. The molecule has 0 fully saturated rings. The molecular weight excluding hydrogens is 320 g/mol. The summed E-state index contributed by atoms with van der Waals surface area (Å²) in [7, 11) is 0. The van der Waals surface area contributed by atoms with Crippen LogP contribution >= 0.6 is 0 Å². The first-order valence-corrected chi connectivity index (χ1v) is 7.87. The van der Waals surface area contributed by atoms with Gasteiger partial charge in [0.1, 0.15) is 11.6 Å². The molecule has 2 N–H and O–H groups in total. The summed E-state index contributed by atoms with van der Waals surface area (Å²) in [5.74, 6) is -0.574. The molecule has 0 bridgehead atoms. The zero-order valence-corrected chi connectivity index (χ0v) is 15.2. The van der Waals surface area contributed by atoms with Gasteiger partial charge >= 0.3 is 0 Å². The van der Waals surface area contributed by atoms with Crippen molar-refractivity contribution in [2.24, 2.45) is 5.41 Å². The topological polar surface area (TPSA) is 108 Å². The average Bonchev–Trinajstić information content (AvgIpc) is 2.45. The Morgan fingerprint density at radius 1 is 1.24 bits per heavy atom. The minimum Gasteiger partial charge on any atom is -0.385 e. The van der Waals surface area contributed by atoms with Gasteiger partial charge in [-0.25, -0.2) is 0 Å². The van der Waals surface area contributed by atoms with E-state index in [0.717, 1.165) is 6.42 Å². The summed E-state index contributed by atoms with van der Waals surface area (Å²) < 4.78 is 0. The second-order valence-corrected chi connectivity index (χ2v) is 7.69. The van der Waals surface area contributed by atoms with Crippen LogP contribution < -0.4 is 10.6 Å². The van der Waals surface area contributed by atoms with E-state index < -0.39 is 10.8 Å². The van der Waals surface area contributed by atoms with Crippen molar-refractivity contribution in [1.29, 1.82) is 5.26 Å². The smallest absolute Gasteiger partial charge is 0.269 e. The Hall–Kier alpha value is -2.88. The lowest BCUT2D eigenvalue weighted by molar-refractivity contribution is -0.384. The van der Waals surface area contributed by atoms with Crippen LogP contribution in [0.3, 0.4) is 0 Å². The van der Waals surface area contributed by atoms with Crippen molar-refractivity contribution in [3.05, 3.63) is 46.2 Å². The number of non-ortho nitro benzene ring substituents is 1. The molecule has 25 heavy (non-hydrogen) atoms. The number of rotatable bonds is 6. The molecule has 0 radical (unpaired) electrons.